The van der Waals surface area contributed by atoms with Gasteiger partial charge in [-0.2, -0.15) is 0 Å². The van der Waals surface area contributed by atoms with Crippen LogP contribution in [0.4, 0.5) is 5.69 Å². The zero-order valence-corrected chi connectivity index (χ0v) is 12.9. The minimum atomic E-state index is 0.145. The minimum absolute atomic E-state index is 0.145. The Morgan fingerprint density at radius 2 is 2.19 bits per heavy atom. The summed E-state index contributed by atoms with van der Waals surface area (Å²) in [4.78, 5) is 16.8. The predicted octanol–water partition coefficient (Wildman–Crippen LogP) is 3.61. The second kappa shape index (κ2) is 7.26. The number of thioether (sulfide) groups is 1. The molecule has 21 heavy (non-hydrogen) atoms. The summed E-state index contributed by atoms with van der Waals surface area (Å²) in [5, 5.41) is 7.50. The van der Waals surface area contributed by atoms with Gasteiger partial charge in [0.15, 0.2) is 12.3 Å². The number of amidine groups is 1. The fourth-order valence-corrected chi connectivity index (χ4v) is 3.20. The Bertz CT molecular complexity index is 584. The van der Waals surface area contributed by atoms with Crippen LogP contribution in [0.1, 0.15) is 31.2 Å². The van der Waals surface area contributed by atoms with Crippen LogP contribution in [0.3, 0.4) is 0 Å². The number of hydrogen-bond donors (Lipinski definition) is 2. The minimum Gasteiger partial charge on any atom is -0.379 e. The summed E-state index contributed by atoms with van der Waals surface area (Å²) < 4.78 is 0. The van der Waals surface area contributed by atoms with Crippen LogP contribution in [0.2, 0.25) is 0 Å². The Morgan fingerprint density at radius 1 is 1.43 bits per heavy atom. The van der Waals surface area contributed by atoms with Crippen LogP contribution in [-0.4, -0.2) is 23.0 Å². The van der Waals surface area contributed by atoms with Crippen LogP contribution >= 0.6 is 11.8 Å². The third-order valence-corrected chi connectivity index (χ3v) is 4.36. The lowest BCUT2D eigenvalue weighted by molar-refractivity contribution is -0.736. The number of nitrogens with one attached hydrogen (secondary N) is 1. The molecule has 0 amide bonds. The fraction of sp³-hybridized carbons (Fsp3) is 0.400. The molecule has 3 N–H and O–H groups in total. The highest BCUT2D eigenvalue weighted by atomic mass is 32.2. The van der Waals surface area contributed by atoms with E-state index in [1.54, 1.807) is 6.07 Å². The molecule has 112 valence electrons. The van der Waals surface area contributed by atoms with Crippen molar-refractivity contribution in [3.8, 4) is 0 Å². The van der Waals surface area contributed by atoms with Crippen LogP contribution < -0.4 is 5.73 Å². The summed E-state index contributed by atoms with van der Waals surface area (Å²) in [5.74, 6) is 0.750. The van der Waals surface area contributed by atoms with Crippen molar-refractivity contribution >= 4 is 28.2 Å². The molecule has 1 aromatic rings. The number of rotatable bonds is 5. The van der Waals surface area contributed by atoms with E-state index in [1.165, 1.54) is 36.4 Å². The van der Waals surface area contributed by atoms with Crippen LogP contribution in [0.25, 0.3) is 5.57 Å². The van der Waals surface area contributed by atoms with Crippen molar-refractivity contribution in [2.45, 2.75) is 25.7 Å². The molecule has 1 aliphatic rings. The van der Waals surface area contributed by atoms with E-state index in [2.05, 4.69) is 0 Å². The largest absolute Gasteiger partial charge is 0.379 e. The molecule has 5 nitrogen and oxygen atoms in total. The van der Waals surface area contributed by atoms with Gasteiger partial charge in [-0.25, -0.2) is 4.84 Å². The Kier molecular flexibility index (Phi) is 5.38. The molecule has 0 radical (unpaired) electrons. The van der Waals surface area contributed by atoms with E-state index in [4.69, 9.17) is 16.0 Å². The molecule has 0 fully saturated rings. The zero-order valence-electron chi connectivity index (χ0n) is 12.1. The van der Waals surface area contributed by atoms with Crippen molar-refractivity contribution in [2.24, 2.45) is 5.73 Å². The van der Waals surface area contributed by atoms with Gasteiger partial charge in [0, 0.05) is 17.9 Å². The van der Waals surface area contributed by atoms with Crippen LogP contribution in [0, 0.1) is 10.3 Å². The maximum absolute atomic E-state index is 11.6. The third kappa shape index (κ3) is 4.07. The SMILES string of the molecule is CO[N+](=O)c1cccc(C2=C(CSC(=N)N)CCCC2)c1. The summed E-state index contributed by atoms with van der Waals surface area (Å²) in [5.41, 5.74) is 9.59. The topological polar surface area (TPSA) is 79.2 Å². The monoisotopic (exact) mass is 306 g/mol. The molecule has 0 unspecified atom stereocenters. The molecule has 0 aliphatic heterocycles. The Labute approximate surface area is 128 Å². The van der Waals surface area contributed by atoms with Gasteiger partial charge in [-0.1, -0.05) is 29.5 Å². The first kappa shape index (κ1) is 15.6. The predicted molar refractivity (Wildman–Crippen MR) is 86.5 cm³/mol. The van der Waals surface area contributed by atoms with Gasteiger partial charge >= 0.3 is 5.69 Å². The fourth-order valence-electron chi connectivity index (χ4n) is 2.55. The summed E-state index contributed by atoms with van der Waals surface area (Å²) >= 11 is 1.36. The molecule has 1 aromatic carbocycles. The van der Waals surface area contributed by atoms with Gasteiger partial charge in [0.1, 0.15) is 0 Å². The van der Waals surface area contributed by atoms with Gasteiger partial charge in [-0.05, 0) is 36.8 Å². The van der Waals surface area contributed by atoms with Gasteiger partial charge in [0.05, 0.1) is 4.91 Å². The Balaban J connectivity index is 2.31. The average Bonchev–Trinajstić information content (AvgIpc) is 2.52. The van der Waals surface area contributed by atoms with Crippen LogP contribution in [-0.2, 0) is 4.84 Å². The highest BCUT2D eigenvalue weighted by molar-refractivity contribution is 8.13. The van der Waals surface area contributed by atoms with E-state index in [9.17, 15) is 4.91 Å². The lowest BCUT2D eigenvalue weighted by Crippen LogP contribution is -2.08. The smallest absolute Gasteiger partial charge is 0.317 e. The lowest BCUT2D eigenvalue weighted by atomic mass is 9.88. The standard InChI is InChI=1S/C15H20N3O2S/c1-20-18(19)13-7-4-6-11(9-13)14-8-3-2-5-12(14)10-21-15(16)17/h4,6-7,9H,2-3,5,8,10H2,1H3,(H3,16,17)/q+1. The highest BCUT2D eigenvalue weighted by Gasteiger charge is 2.19. The number of nitrogens with zero attached hydrogens (tertiary/aromatic N) is 1. The molecule has 0 aromatic heterocycles. The van der Waals surface area contributed by atoms with E-state index < -0.39 is 0 Å². The first-order chi connectivity index (χ1) is 10.1. The molecular formula is C15H20N3O2S+. The molecule has 0 atom stereocenters. The van der Waals surface area contributed by atoms with E-state index in [0.29, 0.717) is 10.6 Å². The van der Waals surface area contributed by atoms with Gasteiger partial charge in [-0.3, -0.25) is 5.41 Å². The van der Waals surface area contributed by atoms with Crippen molar-refractivity contribution in [3.63, 3.8) is 0 Å². The number of hydrogen-bond acceptors (Lipinski definition) is 4. The second-order valence-corrected chi connectivity index (χ2v) is 5.95. The highest BCUT2D eigenvalue weighted by Crippen LogP contribution is 2.35. The number of benzene rings is 1. The van der Waals surface area contributed by atoms with Crippen molar-refractivity contribution < 1.29 is 9.76 Å². The zero-order chi connectivity index (χ0) is 15.2. The van der Waals surface area contributed by atoms with Gasteiger partial charge < -0.3 is 5.73 Å². The molecule has 0 bridgehead atoms. The van der Waals surface area contributed by atoms with Crippen molar-refractivity contribution in [1.29, 1.82) is 5.41 Å². The number of allylic oxidation sites excluding steroid dienone is 1. The maximum Gasteiger partial charge on any atom is 0.317 e. The Morgan fingerprint density at radius 3 is 2.90 bits per heavy atom. The molecule has 1 aliphatic carbocycles. The molecule has 0 saturated heterocycles. The maximum atomic E-state index is 11.6. The molecule has 0 saturated carbocycles. The summed E-state index contributed by atoms with van der Waals surface area (Å²) in [6.45, 7) is 0. The normalized spacial score (nSPS) is 14.9. The first-order valence-electron chi connectivity index (χ1n) is 6.91. The third-order valence-electron chi connectivity index (χ3n) is 3.56. The molecule has 0 heterocycles. The first-order valence-corrected chi connectivity index (χ1v) is 7.90. The van der Waals surface area contributed by atoms with E-state index in [1.807, 2.05) is 18.2 Å². The molecule has 2 rings (SSSR count). The van der Waals surface area contributed by atoms with Crippen LogP contribution in [0.15, 0.2) is 29.8 Å². The number of nitrogens with two attached hydrogens (primary N) is 1. The average molecular weight is 306 g/mol. The summed E-state index contributed by atoms with van der Waals surface area (Å²) in [6.07, 6.45) is 4.36. The molecular weight excluding hydrogens is 286 g/mol. The summed E-state index contributed by atoms with van der Waals surface area (Å²) in [6, 6.07) is 7.47. The van der Waals surface area contributed by atoms with Crippen molar-refractivity contribution in [3.05, 3.63) is 40.3 Å². The molecule has 6 heteroatoms. The second-order valence-electron chi connectivity index (χ2n) is 4.93. The summed E-state index contributed by atoms with van der Waals surface area (Å²) in [7, 11) is 1.36. The molecule has 0 spiro atoms. The van der Waals surface area contributed by atoms with Gasteiger partial charge in [0.25, 0.3) is 4.92 Å². The van der Waals surface area contributed by atoms with Gasteiger partial charge in [0.2, 0.25) is 0 Å². The quantitative estimate of drug-likeness (QED) is 0.495. The van der Waals surface area contributed by atoms with E-state index >= 15 is 0 Å². The van der Waals surface area contributed by atoms with Crippen molar-refractivity contribution in [2.75, 3.05) is 12.9 Å². The van der Waals surface area contributed by atoms with Crippen molar-refractivity contribution in [1.82, 2.24) is 0 Å². The van der Waals surface area contributed by atoms with E-state index in [-0.39, 0.29) is 5.17 Å². The van der Waals surface area contributed by atoms with Crippen LogP contribution in [0.5, 0.6) is 0 Å². The van der Waals surface area contributed by atoms with E-state index in [0.717, 1.165) is 30.6 Å². The lowest BCUT2D eigenvalue weighted by Gasteiger charge is -2.20. The Hall–Kier alpha value is -1.82. The van der Waals surface area contributed by atoms with Gasteiger partial charge in [-0.15, -0.1) is 0 Å².